The molecule has 2 heteroatoms. The van der Waals surface area contributed by atoms with Crippen LogP contribution in [0.3, 0.4) is 0 Å². The molecule has 0 heterocycles. The zero-order valence-electron chi connectivity index (χ0n) is 14.4. The van der Waals surface area contributed by atoms with Gasteiger partial charge >= 0.3 is 0 Å². The van der Waals surface area contributed by atoms with Gasteiger partial charge in [0.1, 0.15) is 12.1 Å². The lowest BCUT2D eigenvalue weighted by Gasteiger charge is -2.32. The minimum Gasteiger partial charge on any atom is -0.299 e. The summed E-state index contributed by atoms with van der Waals surface area (Å²) in [4.78, 5) is 10.3. The van der Waals surface area contributed by atoms with Gasteiger partial charge in [-0.1, -0.05) is 43.2 Å². The highest BCUT2D eigenvalue weighted by molar-refractivity contribution is 5.67. The van der Waals surface area contributed by atoms with Crippen LogP contribution in [-0.4, -0.2) is 6.29 Å². The Bertz CT molecular complexity index is 569. The van der Waals surface area contributed by atoms with Gasteiger partial charge in [-0.15, -0.1) is 0 Å². The van der Waals surface area contributed by atoms with Crippen LogP contribution >= 0.6 is 0 Å². The maximum absolute atomic E-state index is 13.7. The first-order chi connectivity index (χ1) is 10.3. The van der Waals surface area contributed by atoms with Gasteiger partial charge in [0.25, 0.3) is 0 Å². The van der Waals surface area contributed by atoms with Gasteiger partial charge < -0.3 is 0 Å². The van der Waals surface area contributed by atoms with Gasteiger partial charge in [-0.3, -0.25) is 4.79 Å². The minimum atomic E-state index is -0.381. The van der Waals surface area contributed by atoms with Crippen molar-refractivity contribution in [1.29, 1.82) is 0 Å². The number of carbonyl (C=O) groups is 1. The summed E-state index contributed by atoms with van der Waals surface area (Å²) >= 11 is 0. The third kappa shape index (κ3) is 5.25. The molecule has 1 aliphatic rings. The second-order valence-electron chi connectivity index (χ2n) is 6.68. The summed E-state index contributed by atoms with van der Waals surface area (Å²) in [5.41, 5.74) is 4.38. The maximum atomic E-state index is 13.7. The van der Waals surface area contributed by atoms with Crippen LogP contribution in [0.4, 0.5) is 4.39 Å². The molecule has 0 spiro atoms. The average molecular weight is 302 g/mol. The van der Waals surface area contributed by atoms with Crippen molar-refractivity contribution in [3.63, 3.8) is 0 Å². The van der Waals surface area contributed by atoms with Crippen LogP contribution in [0.1, 0.15) is 53.9 Å². The molecule has 0 aromatic rings. The van der Waals surface area contributed by atoms with Gasteiger partial charge in [-0.2, -0.15) is 0 Å². The molecule has 0 saturated heterocycles. The normalized spacial score (nSPS) is 20.7. The van der Waals surface area contributed by atoms with Gasteiger partial charge in [0.2, 0.25) is 0 Å². The van der Waals surface area contributed by atoms with E-state index in [4.69, 9.17) is 0 Å². The van der Waals surface area contributed by atoms with E-state index >= 15 is 0 Å². The fraction of sp³-hybridized carbons (Fsp3) is 0.450. The van der Waals surface area contributed by atoms with Crippen molar-refractivity contribution >= 4 is 6.29 Å². The van der Waals surface area contributed by atoms with E-state index in [0.717, 1.165) is 12.0 Å². The van der Waals surface area contributed by atoms with Gasteiger partial charge in [-0.25, -0.2) is 4.39 Å². The highest BCUT2D eigenvalue weighted by Gasteiger charge is 2.26. The number of hydrogen-bond acceptors (Lipinski definition) is 1. The van der Waals surface area contributed by atoms with Crippen molar-refractivity contribution < 1.29 is 9.18 Å². The second kappa shape index (κ2) is 8.07. The number of carbonyl (C=O) groups excluding carboxylic acids is 1. The van der Waals surface area contributed by atoms with E-state index in [9.17, 15) is 9.18 Å². The lowest BCUT2D eigenvalue weighted by atomic mass is 9.72. The molecule has 0 radical (unpaired) electrons. The molecule has 0 unspecified atom stereocenters. The largest absolute Gasteiger partial charge is 0.299 e. The van der Waals surface area contributed by atoms with E-state index in [1.165, 1.54) is 36.1 Å². The lowest BCUT2D eigenvalue weighted by molar-refractivity contribution is -0.104. The summed E-state index contributed by atoms with van der Waals surface area (Å²) in [7, 11) is 0. The third-order valence-electron chi connectivity index (χ3n) is 4.24. The Morgan fingerprint density at radius 2 is 1.86 bits per heavy atom. The molecule has 1 aliphatic carbocycles. The first kappa shape index (κ1) is 18.3. The summed E-state index contributed by atoms with van der Waals surface area (Å²) < 4.78 is 13.7. The summed E-state index contributed by atoms with van der Waals surface area (Å²) in [5, 5.41) is 0. The molecular formula is C20H27FO. The first-order valence-corrected chi connectivity index (χ1v) is 7.83. The molecule has 0 fully saturated rings. The molecule has 0 bridgehead atoms. The highest BCUT2D eigenvalue weighted by atomic mass is 19.1. The Morgan fingerprint density at radius 1 is 1.18 bits per heavy atom. The number of rotatable bonds is 5. The Labute approximate surface area is 134 Å². The summed E-state index contributed by atoms with van der Waals surface area (Å²) in [5.74, 6) is -0.381. The van der Waals surface area contributed by atoms with Crippen molar-refractivity contribution in [1.82, 2.24) is 0 Å². The zero-order valence-corrected chi connectivity index (χ0v) is 14.4. The van der Waals surface area contributed by atoms with Crippen molar-refractivity contribution in [2.75, 3.05) is 0 Å². The fourth-order valence-corrected chi connectivity index (χ4v) is 2.80. The van der Waals surface area contributed by atoms with E-state index in [2.05, 4.69) is 26.8 Å². The van der Waals surface area contributed by atoms with Crippen LogP contribution in [0, 0.1) is 5.41 Å². The first-order valence-electron chi connectivity index (χ1n) is 7.83. The van der Waals surface area contributed by atoms with Crippen LogP contribution in [-0.2, 0) is 4.79 Å². The predicted octanol–water partition coefficient (Wildman–Crippen LogP) is 6.01. The molecule has 0 aliphatic heterocycles. The smallest absolute Gasteiger partial charge is 0.143 e. The van der Waals surface area contributed by atoms with Crippen LogP contribution in [0.15, 0.2) is 58.5 Å². The predicted molar refractivity (Wildman–Crippen MR) is 92.2 cm³/mol. The van der Waals surface area contributed by atoms with Crippen LogP contribution in [0.25, 0.3) is 0 Å². The van der Waals surface area contributed by atoms with Gasteiger partial charge in [0.15, 0.2) is 0 Å². The van der Waals surface area contributed by atoms with E-state index in [1.807, 2.05) is 13.0 Å². The van der Waals surface area contributed by atoms with Crippen molar-refractivity contribution in [2.45, 2.75) is 53.9 Å². The molecular weight excluding hydrogens is 275 g/mol. The van der Waals surface area contributed by atoms with Gasteiger partial charge in [0.05, 0.1) is 0 Å². The fourth-order valence-electron chi connectivity index (χ4n) is 2.80. The number of aldehydes is 1. The molecule has 0 aromatic carbocycles. The standard InChI is InChI=1S/C20H27FO/c1-15(9-11-19(21)17(3)12-14-22)8-10-18-16(2)7-6-13-20(18,4)5/h8-12,14H,6-7,13H2,1-5H3/b10-8+,15-9+,17-12-,19-11-. The van der Waals surface area contributed by atoms with Crippen LogP contribution in [0.5, 0.6) is 0 Å². The number of allylic oxidation sites excluding steroid dienone is 10. The van der Waals surface area contributed by atoms with E-state index in [1.54, 1.807) is 13.0 Å². The number of hydrogen-bond donors (Lipinski definition) is 0. The van der Waals surface area contributed by atoms with Crippen molar-refractivity contribution in [3.8, 4) is 0 Å². The van der Waals surface area contributed by atoms with Crippen LogP contribution < -0.4 is 0 Å². The van der Waals surface area contributed by atoms with Gasteiger partial charge in [0, 0.05) is 0 Å². The molecule has 0 N–H and O–H groups in total. The molecule has 1 nitrogen and oxygen atoms in total. The molecule has 120 valence electrons. The maximum Gasteiger partial charge on any atom is 0.143 e. The van der Waals surface area contributed by atoms with Crippen LogP contribution in [0.2, 0.25) is 0 Å². The molecule has 22 heavy (non-hydrogen) atoms. The average Bonchev–Trinajstić information content (AvgIpc) is 2.43. The summed E-state index contributed by atoms with van der Waals surface area (Å²) in [6, 6.07) is 0. The second-order valence-corrected chi connectivity index (χ2v) is 6.68. The quantitative estimate of drug-likeness (QED) is 0.345. The van der Waals surface area contributed by atoms with Crippen molar-refractivity contribution in [2.24, 2.45) is 5.41 Å². The molecule has 0 saturated carbocycles. The molecule has 1 rings (SSSR count). The Balaban J connectivity index is 2.90. The number of halogens is 1. The van der Waals surface area contributed by atoms with E-state index in [0.29, 0.717) is 11.9 Å². The summed E-state index contributed by atoms with van der Waals surface area (Å²) in [6.07, 6.45) is 12.8. The van der Waals surface area contributed by atoms with E-state index in [-0.39, 0.29) is 11.2 Å². The highest BCUT2D eigenvalue weighted by Crippen LogP contribution is 2.40. The SMILES string of the molecule is CC1=C(/C=C/C(C)=C/C=C(F)/C(C)=C\C=O)C(C)(C)CCC1. The summed E-state index contributed by atoms with van der Waals surface area (Å²) in [6.45, 7) is 10.3. The van der Waals surface area contributed by atoms with E-state index < -0.39 is 0 Å². The topological polar surface area (TPSA) is 17.1 Å². The Morgan fingerprint density at radius 3 is 2.45 bits per heavy atom. The Kier molecular flexibility index (Phi) is 6.73. The monoisotopic (exact) mass is 302 g/mol. The third-order valence-corrected chi connectivity index (χ3v) is 4.24. The van der Waals surface area contributed by atoms with Gasteiger partial charge in [-0.05, 0) is 68.7 Å². The molecule has 0 aromatic heterocycles. The molecule has 0 atom stereocenters. The minimum absolute atomic E-state index is 0.212. The lowest BCUT2D eigenvalue weighted by Crippen LogP contribution is -2.19. The Hall–Kier alpha value is -1.70. The molecule has 0 amide bonds. The zero-order chi connectivity index (χ0) is 16.8. The van der Waals surface area contributed by atoms with Crippen molar-refractivity contribution in [3.05, 3.63) is 58.5 Å².